The molecule has 1 aromatic carbocycles. The highest BCUT2D eigenvalue weighted by Gasteiger charge is 2.08. The highest BCUT2D eigenvalue weighted by Crippen LogP contribution is 2.17. The molecular formula is C15H18FN3O. The molecule has 1 aromatic heterocycles. The van der Waals surface area contributed by atoms with E-state index in [1.165, 1.54) is 0 Å². The number of rotatable bonds is 6. The Kier molecular flexibility index (Phi) is 4.90. The summed E-state index contributed by atoms with van der Waals surface area (Å²) in [6, 6.07) is 9.28. The van der Waals surface area contributed by atoms with Gasteiger partial charge in [-0.15, -0.1) is 0 Å². The van der Waals surface area contributed by atoms with Gasteiger partial charge in [-0.25, -0.2) is 9.37 Å². The zero-order valence-electron chi connectivity index (χ0n) is 11.6. The van der Waals surface area contributed by atoms with Crippen LogP contribution < -0.4 is 15.4 Å². The van der Waals surface area contributed by atoms with Crippen molar-refractivity contribution in [3.63, 3.8) is 0 Å². The molecule has 20 heavy (non-hydrogen) atoms. The minimum atomic E-state index is -0.310. The number of nitrogens with one attached hydrogen (secondary N) is 2. The number of nitrogens with zero attached hydrogens (tertiary/aromatic N) is 1. The van der Waals surface area contributed by atoms with Crippen LogP contribution in [0.25, 0.3) is 0 Å². The van der Waals surface area contributed by atoms with Gasteiger partial charge in [0.15, 0.2) is 11.6 Å². The zero-order valence-corrected chi connectivity index (χ0v) is 11.6. The van der Waals surface area contributed by atoms with Crippen LogP contribution in [0.15, 0.2) is 36.5 Å². The van der Waals surface area contributed by atoms with Crippen LogP contribution in [0.3, 0.4) is 0 Å². The van der Waals surface area contributed by atoms with Gasteiger partial charge in [0, 0.05) is 24.8 Å². The number of anilines is 1. The Balaban J connectivity index is 2.04. The summed E-state index contributed by atoms with van der Waals surface area (Å²) < 4.78 is 19.2. The minimum Gasteiger partial charge on any atom is -0.497 e. The molecule has 5 heteroatoms. The lowest BCUT2D eigenvalue weighted by Crippen LogP contribution is -2.10. The van der Waals surface area contributed by atoms with Crippen molar-refractivity contribution in [1.29, 1.82) is 0 Å². The van der Waals surface area contributed by atoms with Gasteiger partial charge in [0.1, 0.15) is 5.75 Å². The van der Waals surface area contributed by atoms with Crippen LogP contribution >= 0.6 is 0 Å². The van der Waals surface area contributed by atoms with Crippen LogP contribution in [0, 0.1) is 5.82 Å². The van der Waals surface area contributed by atoms with E-state index in [0.717, 1.165) is 11.3 Å². The van der Waals surface area contributed by atoms with Crippen LogP contribution in [-0.4, -0.2) is 19.1 Å². The lowest BCUT2D eigenvalue weighted by Gasteiger charge is -2.10. The first-order valence-corrected chi connectivity index (χ1v) is 6.39. The standard InChI is InChI=1S/C15H18FN3O/c1-17-10-12-7-8-18-15(14(12)16)19-9-11-3-5-13(20-2)6-4-11/h3-8,17H,9-10H2,1-2H3,(H,18,19). The average molecular weight is 275 g/mol. The molecule has 2 rings (SSSR count). The molecule has 2 aromatic rings. The number of halogens is 1. The van der Waals surface area contributed by atoms with E-state index in [-0.39, 0.29) is 11.6 Å². The molecular weight excluding hydrogens is 257 g/mol. The normalized spacial score (nSPS) is 10.3. The van der Waals surface area contributed by atoms with E-state index in [4.69, 9.17) is 4.74 Å². The third kappa shape index (κ3) is 3.45. The van der Waals surface area contributed by atoms with Gasteiger partial charge >= 0.3 is 0 Å². The Morgan fingerprint density at radius 2 is 1.90 bits per heavy atom. The molecule has 0 bridgehead atoms. The van der Waals surface area contributed by atoms with Crippen LogP contribution in [0.2, 0.25) is 0 Å². The van der Waals surface area contributed by atoms with Gasteiger partial charge in [-0.3, -0.25) is 0 Å². The molecule has 0 radical (unpaired) electrons. The Hall–Kier alpha value is -2.14. The molecule has 0 atom stereocenters. The molecule has 0 saturated heterocycles. The van der Waals surface area contributed by atoms with E-state index >= 15 is 0 Å². The molecule has 0 aliphatic carbocycles. The van der Waals surface area contributed by atoms with Crippen molar-refractivity contribution in [3.05, 3.63) is 53.5 Å². The Bertz CT molecular complexity index is 558. The van der Waals surface area contributed by atoms with E-state index in [1.807, 2.05) is 24.3 Å². The highest BCUT2D eigenvalue weighted by molar-refractivity contribution is 5.41. The summed E-state index contributed by atoms with van der Waals surface area (Å²) in [6.07, 6.45) is 1.60. The van der Waals surface area contributed by atoms with Gasteiger partial charge in [-0.2, -0.15) is 0 Å². The monoisotopic (exact) mass is 275 g/mol. The zero-order chi connectivity index (χ0) is 14.4. The number of methoxy groups -OCH3 is 1. The van der Waals surface area contributed by atoms with Crippen molar-refractivity contribution < 1.29 is 9.13 Å². The molecule has 106 valence electrons. The molecule has 2 N–H and O–H groups in total. The number of aromatic nitrogens is 1. The fourth-order valence-corrected chi connectivity index (χ4v) is 1.86. The summed E-state index contributed by atoms with van der Waals surface area (Å²) in [7, 11) is 3.41. The van der Waals surface area contributed by atoms with Crippen molar-refractivity contribution in [2.75, 3.05) is 19.5 Å². The third-order valence-electron chi connectivity index (χ3n) is 2.96. The van der Waals surface area contributed by atoms with Crippen LogP contribution in [0.4, 0.5) is 10.2 Å². The molecule has 0 spiro atoms. The SMILES string of the molecule is CNCc1ccnc(NCc2ccc(OC)cc2)c1F. The quantitative estimate of drug-likeness (QED) is 0.850. The molecule has 0 amide bonds. The first kappa shape index (κ1) is 14.3. The maximum atomic E-state index is 14.1. The van der Waals surface area contributed by atoms with Gasteiger partial charge in [-0.1, -0.05) is 12.1 Å². The maximum Gasteiger partial charge on any atom is 0.169 e. The summed E-state index contributed by atoms with van der Waals surface area (Å²) in [4.78, 5) is 4.03. The summed E-state index contributed by atoms with van der Waals surface area (Å²) in [5.74, 6) is 0.762. The van der Waals surface area contributed by atoms with Crippen molar-refractivity contribution >= 4 is 5.82 Å². The van der Waals surface area contributed by atoms with Gasteiger partial charge in [0.25, 0.3) is 0 Å². The molecule has 0 aliphatic heterocycles. The van der Waals surface area contributed by atoms with Gasteiger partial charge < -0.3 is 15.4 Å². The van der Waals surface area contributed by atoms with Crippen molar-refractivity contribution in [3.8, 4) is 5.75 Å². The summed E-state index contributed by atoms with van der Waals surface area (Å²) in [5, 5.41) is 5.94. The molecule has 0 saturated carbocycles. The second-order valence-electron chi connectivity index (χ2n) is 4.36. The number of ether oxygens (including phenoxy) is 1. The molecule has 0 unspecified atom stereocenters. The highest BCUT2D eigenvalue weighted by atomic mass is 19.1. The first-order valence-electron chi connectivity index (χ1n) is 6.39. The number of benzene rings is 1. The molecule has 1 heterocycles. The number of pyridine rings is 1. The Morgan fingerprint density at radius 3 is 2.55 bits per heavy atom. The first-order chi connectivity index (χ1) is 9.74. The second-order valence-corrected chi connectivity index (χ2v) is 4.36. The predicted molar refractivity (Wildman–Crippen MR) is 77.3 cm³/mol. The van der Waals surface area contributed by atoms with Crippen molar-refractivity contribution in [2.24, 2.45) is 0 Å². The topological polar surface area (TPSA) is 46.2 Å². The van der Waals surface area contributed by atoms with Crippen LogP contribution in [0.1, 0.15) is 11.1 Å². The fourth-order valence-electron chi connectivity index (χ4n) is 1.86. The fraction of sp³-hybridized carbons (Fsp3) is 0.267. The maximum absolute atomic E-state index is 14.1. The third-order valence-corrected chi connectivity index (χ3v) is 2.96. The smallest absolute Gasteiger partial charge is 0.169 e. The van der Waals surface area contributed by atoms with Gasteiger partial charge in [0.2, 0.25) is 0 Å². The minimum absolute atomic E-state index is 0.272. The predicted octanol–water partition coefficient (Wildman–Crippen LogP) is 2.56. The van der Waals surface area contributed by atoms with Crippen LogP contribution in [-0.2, 0) is 13.1 Å². The van der Waals surface area contributed by atoms with E-state index in [9.17, 15) is 4.39 Å². The molecule has 0 fully saturated rings. The molecule has 0 aliphatic rings. The van der Waals surface area contributed by atoms with Crippen LogP contribution in [0.5, 0.6) is 5.75 Å². The number of hydrogen-bond acceptors (Lipinski definition) is 4. The van der Waals surface area contributed by atoms with Gasteiger partial charge in [-0.05, 0) is 30.8 Å². The van der Waals surface area contributed by atoms with E-state index in [2.05, 4.69) is 15.6 Å². The van der Waals surface area contributed by atoms with Crippen molar-refractivity contribution in [2.45, 2.75) is 13.1 Å². The van der Waals surface area contributed by atoms with Gasteiger partial charge in [0.05, 0.1) is 7.11 Å². The number of hydrogen-bond donors (Lipinski definition) is 2. The Labute approximate surface area is 118 Å². The second kappa shape index (κ2) is 6.86. The van der Waals surface area contributed by atoms with E-state index in [1.54, 1.807) is 26.4 Å². The summed E-state index contributed by atoms with van der Waals surface area (Å²) in [6.45, 7) is 0.989. The van der Waals surface area contributed by atoms with Crippen molar-refractivity contribution in [1.82, 2.24) is 10.3 Å². The Morgan fingerprint density at radius 1 is 1.15 bits per heavy atom. The summed E-state index contributed by atoms with van der Waals surface area (Å²) >= 11 is 0. The lowest BCUT2D eigenvalue weighted by atomic mass is 10.2. The molecule has 4 nitrogen and oxygen atoms in total. The average Bonchev–Trinajstić information content (AvgIpc) is 2.49. The largest absolute Gasteiger partial charge is 0.497 e. The van der Waals surface area contributed by atoms with E-state index < -0.39 is 0 Å². The summed E-state index contributed by atoms with van der Waals surface area (Å²) in [5.41, 5.74) is 1.63. The van der Waals surface area contributed by atoms with E-state index in [0.29, 0.717) is 18.7 Å². The lowest BCUT2D eigenvalue weighted by molar-refractivity contribution is 0.414.